The molecule has 2 aromatic carbocycles. The Morgan fingerprint density at radius 1 is 1.00 bits per heavy atom. The molecule has 1 aliphatic heterocycles. The van der Waals surface area contributed by atoms with Crippen LogP contribution in [0.2, 0.25) is 0 Å². The van der Waals surface area contributed by atoms with Gasteiger partial charge in [-0.25, -0.2) is 4.39 Å². The third-order valence-electron chi connectivity index (χ3n) is 5.89. The molecule has 1 saturated heterocycles. The van der Waals surface area contributed by atoms with Crippen molar-refractivity contribution in [2.75, 3.05) is 13.1 Å². The summed E-state index contributed by atoms with van der Waals surface area (Å²) in [5, 5.41) is 0.968. The lowest BCUT2D eigenvalue weighted by atomic mass is 9.93. The predicted octanol–water partition coefficient (Wildman–Crippen LogP) is 5.46. The highest BCUT2D eigenvalue weighted by atomic mass is 19.1. The van der Waals surface area contributed by atoms with Crippen molar-refractivity contribution in [1.29, 1.82) is 0 Å². The van der Waals surface area contributed by atoms with Gasteiger partial charge in [0.15, 0.2) is 0 Å². The van der Waals surface area contributed by atoms with Gasteiger partial charge in [-0.2, -0.15) is 0 Å². The van der Waals surface area contributed by atoms with Gasteiger partial charge in [0, 0.05) is 47.4 Å². The van der Waals surface area contributed by atoms with Gasteiger partial charge in [0.2, 0.25) is 0 Å². The molecular weight excluding hydrogens is 389 g/mol. The lowest BCUT2D eigenvalue weighted by Crippen LogP contribution is -2.39. The van der Waals surface area contributed by atoms with Gasteiger partial charge in [-0.3, -0.25) is 14.8 Å². The molecule has 4 aromatic rings. The van der Waals surface area contributed by atoms with Crippen LogP contribution in [0.25, 0.3) is 22.2 Å². The first kappa shape index (κ1) is 19.4. The van der Waals surface area contributed by atoms with E-state index in [-0.39, 0.29) is 17.6 Å². The molecule has 0 aliphatic carbocycles. The predicted molar refractivity (Wildman–Crippen MR) is 119 cm³/mol. The number of carbonyl (C=O) groups is 1. The van der Waals surface area contributed by atoms with E-state index >= 15 is 0 Å². The fourth-order valence-electron chi connectivity index (χ4n) is 4.25. The summed E-state index contributed by atoms with van der Waals surface area (Å²) in [5.74, 6) is -0.0313. The standard InChI is InChI=1S/C26H22FN3O/c27-22-11-8-18(9-12-22)24-6-1-7-25(29-24)21-5-3-15-30(17-21)26(31)20-10-13-23-19(16-20)4-2-14-28-23/h1-2,4,6-14,16,21H,3,5,15,17H2/t21-/m1/s1. The smallest absolute Gasteiger partial charge is 0.253 e. The summed E-state index contributed by atoms with van der Waals surface area (Å²) in [6.07, 6.45) is 3.69. The fourth-order valence-corrected chi connectivity index (χ4v) is 4.25. The second-order valence-electron chi connectivity index (χ2n) is 7.96. The highest BCUT2D eigenvalue weighted by Gasteiger charge is 2.26. The number of aromatic nitrogens is 2. The van der Waals surface area contributed by atoms with Crippen LogP contribution >= 0.6 is 0 Å². The number of amides is 1. The summed E-state index contributed by atoms with van der Waals surface area (Å²) in [4.78, 5) is 24.3. The monoisotopic (exact) mass is 411 g/mol. The van der Waals surface area contributed by atoms with Gasteiger partial charge < -0.3 is 4.90 Å². The van der Waals surface area contributed by atoms with Crippen molar-refractivity contribution in [2.45, 2.75) is 18.8 Å². The van der Waals surface area contributed by atoms with E-state index in [1.54, 1.807) is 18.3 Å². The van der Waals surface area contributed by atoms with Crippen LogP contribution in [0.5, 0.6) is 0 Å². The van der Waals surface area contributed by atoms with Crippen LogP contribution in [-0.2, 0) is 0 Å². The molecule has 1 fully saturated rings. The number of nitrogens with zero attached hydrogens (tertiary/aromatic N) is 3. The Morgan fingerprint density at radius 2 is 1.87 bits per heavy atom. The third-order valence-corrected chi connectivity index (χ3v) is 5.89. The van der Waals surface area contributed by atoms with Gasteiger partial charge in [0.05, 0.1) is 11.2 Å². The third kappa shape index (κ3) is 4.04. The van der Waals surface area contributed by atoms with Crippen LogP contribution in [0.4, 0.5) is 4.39 Å². The van der Waals surface area contributed by atoms with Gasteiger partial charge in [0.25, 0.3) is 5.91 Å². The number of benzene rings is 2. The van der Waals surface area contributed by atoms with Crippen molar-refractivity contribution in [3.05, 3.63) is 96.1 Å². The first-order chi connectivity index (χ1) is 15.2. The van der Waals surface area contributed by atoms with E-state index in [1.165, 1.54) is 12.1 Å². The molecule has 1 aliphatic rings. The Hall–Kier alpha value is -3.60. The minimum atomic E-state index is -0.259. The summed E-state index contributed by atoms with van der Waals surface area (Å²) < 4.78 is 13.3. The molecule has 2 aromatic heterocycles. The Morgan fingerprint density at radius 3 is 2.74 bits per heavy atom. The van der Waals surface area contributed by atoms with Crippen LogP contribution in [0.1, 0.15) is 34.8 Å². The number of carbonyl (C=O) groups excluding carboxylic acids is 1. The molecule has 0 unspecified atom stereocenters. The lowest BCUT2D eigenvalue weighted by molar-refractivity contribution is 0.0706. The second-order valence-corrected chi connectivity index (χ2v) is 7.96. The van der Waals surface area contributed by atoms with Gasteiger partial charge in [-0.1, -0.05) is 12.1 Å². The van der Waals surface area contributed by atoms with Gasteiger partial charge >= 0.3 is 0 Å². The number of pyridine rings is 2. The molecular formula is C26H22FN3O. The summed E-state index contributed by atoms with van der Waals surface area (Å²) in [6, 6.07) is 21.9. The molecule has 3 heterocycles. The van der Waals surface area contributed by atoms with Crippen LogP contribution < -0.4 is 0 Å². The molecule has 5 rings (SSSR count). The summed E-state index contributed by atoms with van der Waals surface area (Å²) >= 11 is 0. The minimum absolute atomic E-state index is 0.0464. The van der Waals surface area contributed by atoms with Crippen molar-refractivity contribution in [2.24, 2.45) is 0 Å². The number of hydrogen-bond donors (Lipinski definition) is 0. The van der Waals surface area contributed by atoms with Crippen LogP contribution in [0.15, 0.2) is 79.0 Å². The average molecular weight is 411 g/mol. The Bertz CT molecular complexity index is 1240. The van der Waals surface area contributed by atoms with Crippen LogP contribution in [-0.4, -0.2) is 33.9 Å². The van der Waals surface area contributed by atoms with E-state index in [1.807, 2.05) is 53.4 Å². The lowest BCUT2D eigenvalue weighted by Gasteiger charge is -2.32. The van der Waals surface area contributed by atoms with Crippen LogP contribution in [0.3, 0.4) is 0 Å². The van der Waals surface area contributed by atoms with Gasteiger partial charge in [0.1, 0.15) is 5.82 Å². The summed E-state index contributed by atoms with van der Waals surface area (Å²) in [7, 11) is 0. The molecule has 154 valence electrons. The summed E-state index contributed by atoms with van der Waals surface area (Å²) in [6.45, 7) is 1.39. The SMILES string of the molecule is O=C(c1ccc2ncccc2c1)N1CCC[C@@H](c2cccc(-c3ccc(F)cc3)n2)C1. The van der Waals surface area contributed by atoms with Crippen molar-refractivity contribution in [1.82, 2.24) is 14.9 Å². The second kappa shape index (κ2) is 8.26. The average Bonchev–Trinajstić information content (AvgIpc) is 2.84. The first-order valence-corrected chi connectivity index (χ1v) is 10.5. The molecule has 1 amide bonds. The van der Waals surface area contributed by atoms with Gasteiger partial charge in [-0.05, 0) is 73.5 Å². The molecule has 31 heavy (non-hydrogen) atoms. The molecule has 0 spiro atoms. The molecule has 4 nitrogen and oxygen atoms in total. The molecule has 0 bridgehead atoms. The largest absolute Gasteiger partial charge is 0.338 e. The van der Waals surface area contributed by atoms with E-state index in [4.69, 9.17) is 4.98 Å². The number of halogens is 1. The van der Waals surface area contributed by atoms with Crippen molar-refractivity contribution in [3.8, 4) is 11.3 Å². The Labute approximate surface area is 180 Å². The van der Waals surface area contributed by atoms with E-state index in [0.29, 0.717) is 12.1 Å². The topological polar surface area (TPSA) is 46.1 Å². The zero-order valence-electron chi connectivity index (χ0n) is 17.0. The van der Waals surface area contributed by atoms with Crippen molar-refractivity contribution < 1.29 is 9.18 Å². The van der Waals surface area contributed by atoms with E-state index < -0.39 is 0 Å². The summed E-state index contributed by atoms with van der Waals surface area (Å²) in [5.41, 5.74) is 4.26. The molecule has 0 N–H and O–H groups in total. The molecule has 0 saturated carbocycles. The molecule has 0 radical (unpaired) electrons. The number of hydrogen-bond acceptors (Lipinski definition) is 3. The number of fused-ring (bicyclic) bond motifs is 1. The number of piperidine rings is 1. The number of likely N-dealkylation sites (tertiary alicyclic amines) is 1. The highest BCUT2D eigenvalue weighted by molar-refractivity contribution is 5.98. The quantitative estimate of drug-likeness (QED) is 0.450. The Kier molecular flexibility index (Phi) is 5.16. The zero-order valence-corrected chi connectivity index (χ0v) is 17.0. The first-order valence-electron chi connectivity index (χ1n) is 10.5. The van der Waals surface area contributed by atoms with Crippen molar-refractivity contribution >= 4 is 16.8 Å². The van der Waals surface area contributed by atoms with E-state index in [9.17, 15) is 9.18 Å². The van der Waals surface area contributed by atoms with E-state index in [0.717, 1.165) is 47.2 Å². The maximum Gasteiger partial charge on any atom is 0.253 e. The normalized spacial score (nSPS) is 16.4. The highest BCUT2D eigenvalue weighted by Crippen LogP contribution is 2.29. The number of rotatable bonds is 3. The maximum absolute atomic E-state index is 13.3. The molecule has 1 atom stereocenters. The zero-order chi connectivity index (χ0) is 21.2. The van der Waals surface area contributed by atoms with E-state index in [2.05, 4.69) is 4.98 Å². The maximum atomic E-state index is 13.3. The minimum Gasteiger partial charge on any atom is -0.338 e. The Balaban J connectivity index is 1.37. The van der Waals surface area contributed by atoms with Gasteiger partial charge in [-0.15, -0.1) is 0 Å². The fraction of sp³-hybridized carbons (Fsp3) is 0.192. The molecule has 5 heteroatoms. The van der Waals surface area contributed by atoms with Crippen molar-refractivity contribution in [3.63, 3.8) is 0 Å². The van der Waals surface area contributed by atoms with Crippen LogP contribution in [0, 0.1) is 5.82 Å².